The van der Waals surface area contributed by atoms with E-state index in [1.807, 2.05) is 10.9 Å². The fourth-order valence-electron chi connectivity index (χ4n) is 3.12. The predicted molar refractivity (Wildman–Crippen MR) is 65.6 cm³/mol. The average molecular weight is 235 g/mol. The van der Waals surface area contributed by atoms with Crippen molar-refractivity contribution in [3.63, 3.8) is 0 Å². The Labute approximate surface area is 102 Å². The lowest BCUT2D eigenvalue weighted by atomic mass is 10.2. The minimum Gasteiger partial charge on any atom is -0.383 e. The van der Waals surface area contributed by atoms with Crippen molar-refractivity contribution in [2.45, 2.75) is 44.3 Å². The van der Waals surface area contributed by atoms with E-state index in [1.54, 1.807) is 7.11 Å². The molecular formula is C13H21N3O. The molecule has 2 aliphatic rings. The van der Waals surface area contributed by atoms with Crippen molar-refractivity contribution < 1.29 is 4.74 Å². The van der Waals surface area contributed by atoms with Crippen LogP contribution in [0.3, 0.4) is 0 Å². The highest BCUT2D eigenvalue weighted by atomic mass is 16.5. The van der Waals surface area contributed by atoms with Crippen LogP contribution in [0.15, 0.2) is 12.4 Å². The number of ether oxygens (including phenoxy) is 1. The lowest BCUT2D eigenvalue weighted by Gasteiger charge is -2.13. The molecule has 0 aliphatic heterocycles. The Morgan fingerprint density at radius 3 is 3.29 bits per heavy atom. The molecule has 2 fully saturated rings. The fraction of sp³-hybridized carbons (Fsp3) is 0.769. The van der Waals surface area contributed by atoms with Gasteiger partial charge in [-0.3, -0.25) is 4.68 Å². The van der Waals surface area contributed by atoms with Crippen molar-refractivity contribution in [1.29, 1.82) is 0 Å². The summed E-state index contributed by atoms with van der Waals surface area (Å²) in [6.07, 6.45) is 9.69. The first kappa shape index (κ1) is 11.2. The minimum absolute atomic E-state index is 0.509. The number of rotatable bonds is 6. The van der Waals surface area contributed by atoms with E-state index in [-0.39, 0.29) is 0 Å². The monoisotopic (exact) mass is 235 g/mol. The first-order valence-corrected chi connectivity index (χ1v) is 6.58. The number of methoxy groups -OCH3 is 1. The summed E-state index contributed by atoms with van der Waals surface area (Å²) in [6.45, 7) is 2.52. The number of hydrogen-bond acceptors (Lipinski definition) is 3. The van der Waals surface area contributed by atoms with Gasteiger partial charge in [-0.2, -0.15) is 5.10 Å². The summed E-state index contributed by atoms with van der Waals surface area (Å²) in [5.74, 6) is 0.964. The Morgan fingerprint density at radius 2 is 2.59 bits per heavy atom. The van der Waals surface area contributed by atoms with Crippen molar-refractivity contribution in [2.24, 2.45) is 5.92 Å². The minimum atomic E-state index is 0.509. The van der Waals surface area contributed by atoms with Gasteiger partial charge >= 0.3 is 0 Å². The SMILES string of the molecule is COCCn1cc(CN[C@@]23CCC[C@@H]2C3)cn1. The van der Waals surface area contributed by atoms with E-state index in [9.17, 15) is 0 Å². The van der Waals surface area contributed by atoms with Crippen LogP contribution in [-0.2, 0) is 17.8 Å². The molecule has 4 nitrogen and oxygen atoms in total. The molecule has 0 radical (unpaired) electrons. The quantitative estimate of drug-likeness (QED) is 0.813. The second kappa shape index (κ2) is 4.42. The zero-order valence-corrected chi connectivity index (χ0v) is 10.5. The molecule has 4 heteroatoms. The molecule has 2 atom stereocenters. The molecule has 94 valence electrons. The molecule has 3 rings (SSSR count). The Kier molecular flexibility index (Phi) is 2.92. The maximum atomic E-state index is 5.04. The molecular weight excluding hydrogens is 214 g/mol. The molecule has 2 saturated carbocycles. The Bertz CT molecular complexity index is 390. The van der Waals surface area contributed by atoms with Crippen molar-refractivity contribution >= 4 is 0 Å². The van der Waals surface area contributed by atoms with E-state index in [0.717, 1.165) is 25.6 Å². The van der Waals surface area contributed by atoms with Crippen LogP contribution >= 0.6 is 0 Å². The first-order chi connectivity index (χ1) is 8.32. The van der Waals surface area contributed by atoms with Gasteiger partial charge in [-0.1, -0.05) is 6.42 Å². The highest BCUT2D eigenvalue weighted by molar-refractivity contribution is 5.15. The number of hydrogen-bond donors (Lipinski definition) is 1. The third-order valence-electron chi connectivity index (χ3n) is 4.26. The lowest BCUT2D eigenvalue weighted by molar-refractivity contribution is 0.183. The van der Waals surface area contributed by atoms with Gasteiger partial charge in [0.15, 0.2) is 0 Å². The van der Waals surface area contributed by atoms with Crippen LogP contribution in [0.1, 0.15) is 31.2 Å². The molecule has 0 amide bonds. The Hall–Kier alpha value is -0.870. The van der Waals surface area contributed by atoms with Crippen molar-refractivity contribution in [1.82, 2.24) is 15.1 Å². The number of nitrogens with one attached hydrogen (secondary N) is 1. The van der Waals surface area contributed by atoms with Crippen LogP contribution in [0.5, 0.6) is 0 Å². The standard InChI is InChI=1S/C13H21N3O/c1-17-6-5-16-10-11(9-15-16)8-14-13-4-2-3-12(13)7-13/h9-10,12,14H,2-8H2,1H3/t12-,13-/m1/s1. The molecule has 17 heavy (non-hydrogen) atoms. The molecule has 0 bridgehead atoms. The van der Waals surface area contributed by atoms with Crippen LogP contribution in [-0.4, -0.2) is 29.0 Å². The van der Waals surface area contributed by atoms with Crippen LogP contribution < -0.4 is 5.32 Å². The second-order valence-electron chi connectivity index (χ2n) is 5.41. The maximum Gasteiger partial charge on any atom is 0.0658 e. The third kappa shape index (κ3) is 2.24. The Balaban J connectivity index is 1.50. The molecule has 0 spiro atoms. The zero-order valence-electron chi connectivity index (χ0n) is 10.5. The predicted octanol–water partition coefficient (Wildman–Crippen LogP) is 1.56. The number of nitrogens with zero attached hydrogens (tertiary/aromatic N) is 2. The van der Waals surface area contributed by atoms with Gasteiger partial charge in [0.05, 0.1) is 19.3 Å². The van der Waals surface area contributed by atoms with Crippen molar-refractivity contribution in [2.75, 3.05) is 13.7 Å². The molecule has 2 aliphatic carbocycles. The van der Waals surface area contributed by atoms with Crippen LogP contribution in [0.2, 0.25) is 0 Å². The van der Waals surface area contributed by atoms with E-state index < -0.39 is 0 Å². The van der Waals surface area contributed by atoms with Crippen molar-refractivity contribution in [3.8, 4) is 0 Å². The Morgan fingerprint density at radius 1 is 1.65 bits per heavy atom. The number of aromatic nitrogens is 2. The molecule has 0 saturated heterocycles. The fourth-order valence-corrected chi connectivity index (χ4v) is 3.12. The van der Waals surface area contributed by atoms with E-state index in [0.29, 0.717) is 5.54 Å². The molecule has 1 heterocycles. The second-order valence-corrected chi connectivity index (χ2v) is 5.41. The van der Waals surface area contributed by atoms with E-state index >= 15 is 0 Å². The van der Waals surface area contributed by atoms with E-state index in [1.165, 1.54) is 31.2 Å². The van der Waals surface area contributed by atoms with Gasteiger partial charge < -0.3 is 10.1 Å². The summed E-state index contributed by atoms with van der Waals surface area (Å²) in [7, 11) is 1.72. The summed E-state index contributed by atoms with van der Waals surface area (Å²) >= 11 is 0. The first-order valence-electron chi connectivity index (χ1n) is 6.58. The van der Waals surface area contributed by atoms with Crippen LogP contribution in [0.25, 0.3) is 0 Å². The van der Waals surface area contributed by atoms with Crippen molar-refractivity contribution in [3.05, 3.63) is 18.0 Å². The maximum absolute atomic E-state index is 5.04. The topological polar surface area (TPSA) is 39.1 Å². The van der Waals surface area contributed by atoms with Gasteiger partial charge in [0, 0.05) is 31.0 Å². The largest absolute Gasteiger partial charge is 0.383 e. The van der Waals surface area contributed by atoms with Gasteiger partial charge in [0.2, 0.25) is 0 Å². The van der Waals surface area contributed by atoms with Crippen LogP contribution in [0, 0.1) is 5.92 Å². The molecule has 1 N–H and O–H groups in total. The zero-order chi connectivity index (χ0) is 11.7. The molecule has 0 unspecified atom stereocenters. The smallest absolute Gasteiger partial charge is 0.0658 e. The van der Waals surface area contributed by atoms with Gasteiger partial charge in [0.25, 0.3) is 0 Å². The molecule has 1 aromatic rings. The summed E-state index contributed by atoms with van der Waals surface area (Å²) in [5, 5.41) is 8.07. The normalized spacial score (nSPS) is 30.5. The highest BCUT2D eigenvalue weighted by Crippen LogP contribution is 2.55. The van der Waals surface area contributed by atoms with Gasteiger partial charge in [-0.15, -0.1) is 0 Å². The summed E-state index contributed by atoms with van der Waals surface area (Å²) in [4.78, 5) is 0. The van der Waals surface area contributed by atoms with Crippen LogP contribution in [0.4, 0.5) is 0 Å². The molecule has 1 aromatic heterocycles. The summed E-state index contributed by atoms with van der Waals surface area (Å²) in [5.41, 5.74) is 1.79. The highest BCUT2D eigenvalue weighted by Gasteiger charge is 2.56. The summed E-state index contributed by atoms with van der Waals surface area (Å²) < 4.78 is 7.00. The van der Waals surface area contributed by atoms with E-state index in [2.05, 4.69) is 16.6 Å². The molecule has 0 aromatic carbocycles. The van der Waals surface area contributed by atoms with Gasteiger partial charge in [-0.25, -0.2) is 0 Å². The third-order valence-corrected chi connectivity index (χ3v) is 4.26. The van der Waals surface area contributed by atoms with Gasteiger partial charge in [-0.05, 0) is 25.2 Å². The lowest BCUT2D eigenvalue weighted by Crippen LogP contribution is -2.30. The number of fused-ring (bicyclic) bond motifs is 1. The van der Waals surface area contributed by atoms with E-state index in [4.69, 9.17) is 4.74 Å². The van der Waals surface area contributed by atoms with Gasteiger partial charge in [0.1, 0.15) is 0 Å². The summed E-state index contributed by atoms with van der Waals surface area (Å²) in [6, 6.07) is 0. The average Bonchev–Trinajstić information content (AvgIpc) is 2.74.